The lowest BCUT2D eigenvalue weighted by Crippen LogP contribution is -2.13. The molecule has 3 nitrogen and oxygen atoms in total. The molecule has 5 heteroatoms. The number of hydrogen-bond donors (Lipinski definition) is 2. The van der Waals surface area contributed by atoms with Crippen molar-refractivity contribution in [1.82, 2.24) is 0 Å². The van der Waals surface area contributed by atoms with E-state index in [4.69, 9.17) is 5.73 Å². The molecule has 0 saturated heterocycles. The fraction of sp³-hybridized carbons (Fsp3) is 0.0714. The summed E-state index contributed by atoms with van der Waals surface area (Å²) in [4.78, 5) is 12.2. The van der Waals surface area contributed by atoms with E-state index >= 15 is 0 Å². The topological polar surface area (TPSA) is 55.1 Å². The number of halogens is 2. The summed E-state index contributed by atoms with van der Waals surface area (Å²) in [5.74, 6) is -0.160. The molecule has 2 aromatic rings. The second kappa shape index (κ2) is 5.75. The highest BCUT2D eigenvalue weighted by Gasteiger charge is 2.11. The van der Waals surface area contributed by atoms with E-state index < -0.39 is 0 Å². The van der Waals surface area contributed by atoms with Gasteiger partial charge in [0.25, 0.3) is 5.91 Å². The first-order valence-corrected chi connectivity index (χ1v) is 7.19. The zero-order valence-corrected chi connectivity index (χ0v) is 13.4. The summed E-state index contributed by atoms with van der Waals surface area (Å²) in [5.41, 5.74) is 8.66. The molecular weight excluding hydrogens is 372 g/mol. The van der Waals surface area contributed by atoms with Crippen LogP contribution in [0.3, 0.4) is 0 Å². The van der Waals surface area contributed by atoms with Crippen molar-refractivity contribution in [3.05, 3.63) is 56.5 Å². The highest BCUT2D eigenvalue weighted by molar-refractivity contribution is 9.11. The van der Waals surface area contributed by atoms with E-state index in [9.17, 15) is 4.79 Å². The van der Waals surface area contributed by atoms with Crippen molar-refractivity contribution in [3.8, 4) is 0 Å². The number of benzene rings is 2. The number of amides is 1. The predicted octanol–water partition coefficient (Wildman–Crippen LogP) is 4.35. The Bertz CT molecular complexity index is 641. The highest BCUT2D eigenvalue weighted by Crippen LogP contribution is 2.25. The molecule has 0 aliphatic rings. The largest absolute Gasteiger partial charge is 0.398 e. The molecule has 98 valence electrons. The number of nitrogens with one attached hydrogen (secondary N) is 1. The smallest absolute Gasteiger partial charge is 0.256 e. The lowest BCUT2D eigenvalue weighted by Gasteiger charge is -2.09. The van der Waals surface area contributed by atoms with E-state index in [2.05, 4.69) is 37.2 Å². The Morgan fingerprint density at radius 2 is 1.95 bits per heavy atom. The van der Waals surface area contributed by atoms with Crippen molar-refractivity contribution in [3.63, 3.8) is 0 Å². The Labute approximate surface area is 128 Å². The maximum atomic E-state index is 12.2. The minimum Gasteiger partial charge on any atom is -0.398 e. The molecule has 0 aromatic heterocycles. The molecule has 0 spiro atoms. The molecule has 0 radical (unpaired) electrons. The van der Waals surface area contributed by atoms with Gasteiger partial charge in [-0.3, -0.25) is 4.79 Å². The van der Waals surface area contributed by atoms with Gasteiger partial charge in [0.2, 0.25) is 0 Å². The second-order valence-electron chi connectivity index (χ2n) is 4.13. The summed E-state index contributed by atoms with van der Waals surface area (Å²) in [5, 5.41) is 2.84. The average Bonchev–Trinajstić information content (AvgIpc) is 2.37. The zero-order chi connectivity index (χ0) is 14.0. The SMILES string of the molecule is Cc1cccc(C(=O)Nc2ccc(N)c(Br)c2)c1Br. The van der Waals surface area contributed by atoms with E-state index in [1.54, 1.807) is 24.3 Å². The Morgan fingerprint density at radius 3 is 2.63 bits per heavy atom. The molecule has 2 aromatic carbocycles. The number of rotatable bonds is 2. The molecule has 0 atom stereocenters. The molecule has 0 bridgehead atoms. The van der Waals surface area contributed by atoms with Gasteiger partial charge in [-0.05, 0) is 68.6 Å². The quantitative estimate of drug-likeness (QED) is 0.757. The van der Waals surface area contributed by atoms with Crippen LogP contribution in [0.2, 0.25) is 0 Å². The van der Waals surface area contributed by atoms with E-state index in [1.807, 2.05) is 19.1 Å². The van der Waals surface area contributed by atoms with Gasteiger partial charge in [0, 0.05) is 20.3 Å². The van der Waals surface area contributed by atoms with Crippen LogP contribution < -0.4 is 11.1 Å². The van der Waals surface area contributed by atoms with Crippen LogP contribution in [0.4, 0.5) is 11.4 Å². The normalized spacial score (nSPS) is 10.3. The summed E-state index contributed by atoms with van der Waals surface area (Å²) in [6, 6.07) is 10.9. The fourth-order valence-electron chi connectivity index (χ4n) is 1.63. The van der Waals surface area contributed by atoms with Crippen molar-refractivity contribution >= 4 is 49.1 Å². The van der Waals surface area contributed by atoms with E-state index in [-0.39, 0.29) is 5.91 Å². The van der Waals surface area contributed by atoms with Gasteiger partial charge < -0.3 is 11.1 Å². The predicted molar refractivity (Wildman–Crippen MR) is 85.4 cm³/mol. The van der Waals surface area contributed by atoms with Crippen LogP contribution in [0.5, 0.6) is 0 Å². The van der Waals surface area contributed by atoms with Crippen molar-refractivity contribution in [2.45, 2.75) is 6.92 Å². The Balaban J connectivity index is 2.26. The van der Waals surface area contributed by atoms with Gasteiger partial charge in [-0.15, -0.1) is 0 Å². The fourth-order valence-corrected chi connectivity index (χ4v) is 2.45. The number of aryl methyl sites for hydroxylation is 1. The van der Waals surface area contributed by atoms with Gasteiger partial charge >= 0.3 is 0 Å². The van der Waals surface area contributed by atoms with Crippen molar-refractivity contribution < 1.29 is 4.79 Å². The molecule has 0 aliphatic carbocycles. The molecule has 2 rings (SSSR count). The van der Waals surface area contributed by atoms with Gasteiger partial charge in [-0.1, -0.05) is 12.1 Å². The van der Waals surface area contributed by atoms with Crippen molar-refractivity contribution in [2.75, 3.05) is 11.1 Å². The first-order chi connectivity index (χ1) is 8.99. The van der Waals surface area contributed by atoms with Crippen LogP contribution in [-0.4, -0.2) is 5.91 Å². The van der Waals surface area contributed by atoms with Crippen molar-refractivity contribution in [1.29, 1.82) is 0 Å². The first kappa shape index (κ1) is 14.1. The highest BCUT2D eigenvalue weighted by atomic mass is 79.9. The van der Waals surface area contributed by atoms with Crippen LogP contribution in [0.25, 0.3) is 0 Å². The van der Waals surface area contributed by atoms with Gasteiger partial charge in [0.05, 0.1) is 5.56 Å². The van der Waals surface area contributed by atoms with E-state index in [1.165, 1.54) is 0 Å². The number of carbonyl (C=O) groups is 1. The molecule has 3 N–H and O–H groups in total. The maximum absolute atomic E-state index is 12.2. The Morgan fingerprint density at radius 1 is 1.21 bits per heavy atom. The molecule has 1 amide bonds. The van der Waals surface area contributed by atoms with Crippen LogP contribution in [0.15, 0.2) is 45.3 Å². The standard InChI is InChI=1S/C14H12Br2N2O/c1-8-3-2-4-10(13(8)16)14(19)18-9-5-6-12(17)11(15)7-9/h2-7H,17H2,1H3,(H,18,19). The summed E-state index contributed by atoms with van der Waals surface area (Å²) in [6.45, 7) is 1.95. The summed E-state index contributed by atoms with van der Waals surface area (Å²) in [7, 11) is 0. The number of hydrogen-bond acceptors (Lipinski definition) is 2. The summed E-state index contributed by atoms with van der Waals surface area (Å²) >= 11 is 6.76. The van der Waals surface area contributed by atoms with Gasteiger partial charge in [0.15, 0.2) is 0 Å². The molecule has 19 heavy (non-hydrogen) atoms. The third-order valence-electron chi connectivity index (χ3n) is 2.69. The monoisotopic (exact) mass is 382 g/mol. The molecule has 0 unspecified atom stereocenters. The van der Waals surface area contributed by atoms with Crippen LogP contribution in [0.1, 0.15) is 15.9 Å². The summed E-state index contributed by atoms with van der Waals surface area (Å²) < 4.78 is 1.57. The first-order valence-electron chi connectivity index (χ1n) is 5.60. The van der Waals surface area contributed by atoms with Crippen LogP contribution in [-0.2, 0) is 0 Å². The number of nitrogens with two attached hydrogens (primary N) is 1. The number of anilines is 2. The Hall–Kier alpha value is -1.33. The molecule has 0 heterocycles. The van der Waals surface area contributed by atoms with E-state index in [0.717, 1.165) is 14.5 Å². The van der Waals surface area contributed by atoms with E-state index in [0.29, 0.717) is 16.9 Å². The lowest BCUT2D eigenvalue weighted by molar-refractivity contribution is 0.102. The molecular formula is C14H12Br2N2O. The third kappa shape index (κ3) is 3.16. The zero-order valence-electron chi connectivity index (χ0n) is 10.2. The minimum atomic E-state index is -0.160. The molecule has 0 saturated carbocycles. The Kier molecular flexibility index (Phi) is 4.27. The number of carbonyl (C=O) groups excluding carboxylic acids is 1. The number of nitrogen functional groups attached to an aromatic ring is 1. The summed E-state index contributed by atoms with van der Waals surface area (Å²) in [6.07, 6.45) is 0. The average molecular weight is 384 g/mol. The lowest BCUT2D eigenvalue weighted by atomic mass is 10.1. The van der Waals surface area contributed by atoms with Gasteiger partial charge in [-0.25, -0.2) is 0 Å². The van der Waals surface area contributed by atoms with Crippen LogP contribution >= 0.6 is 31.9 Å². The van der Waals surface area contributed by atoms with Crippen LogP contribution in [0, 0.1) is 6.92 Å². The minimum absolute atomic E-state index is 0.160. The van der Waals surface area contributed by atoms with Gasteiger partial charge in [0.1, 0.15) is 0 Å². The second-order valence-corrected chi connectivity index (χ2v) is 5.77. The third-order valence-corrected chi connectivity index (χ3v) is 4.43. The molecule has 0 fully saturated rings. The van der Waals surface area contributed by atoms with Crippen molar-refractivity contribution in [2.24, 2.45) is 0 Å². The molecule has 0 aliphatic heterocycles. The van der Waals surface area contributed by atoms with Gasteiger partial charge in [-0.2, -0.15) is 0 Å². The maximum Gasteiger partial charge on any atom is 0.256 e.